The van der Waals surface area contributed by atoms with Gasteiger partial charge in [0, 0.05) is 12.0 Å². The van der Waals surface area contributed by atoms with Crippen molar-refractivity contribution < 1.29 is 4.39 Å². The minimum absolute atomic E-state index is 0.101. The van der Waals surface area contributed by atoms with Crippen LogP contribution in [-0.4, -0.2) is 23.1 Å². The van der Waals surface area contributed by atoms with Gasteiger partial charge in [0.25, 0.3) is 0 Å². The largest absolute Gasteiger partial charge is 0.341 e. The predicted molar refractivity (Wildman–Crippen MR) is 70.1 cm³/mol. The number of aromatic nitrogens is 2. The van der Waals surface area contributed by atoms with Crippen LogP contribution in [0.15, 0.2) is 18.2 Å². The Morgan fingerprint density at radius 1 is 1.44 bits per heavy atom. The van der Waals surface area contributed by atoms with E-state index in [0.717, 1.165) is 49.2 Å². The average Bonchev–Trinajstić information content (AvgIpc) is 2.95. The summed E-state index contributed by atoms with van der Waals surface area (Å²) in [7, 11) is 0. The van der Waals surface area contributed by atoms with Crippen molar-refractivity contribution in [1.29, 1.82) is 0 Å². The molecule has 1 unspecified atom stereocenters. The van der Waals surface area contributed by atoms with Crippen molar-refractivity contribution in [3.63, 3.8) is 0 Å². The number of nitrogens with zero attached hydrogens (tertiary/aromatic N) is 1. The molecular formula is C14H18FN3. The Kier molecular flexibility index (Phi) is 2.82. The van der Waals surface area contributed by atoms with Gasteiger partial charge in [-0.2, -0.15) is 0 Å². The highest BCUT2D eigenvalue weighted by Gasteiger charge is 2.37. The lowest BCUT2D eigenvalue weighted by Gasteiger charge is -2.25. The third-order valence-electron chi connectivity index (χ3n) is 3.92. The van der Waals surface area contributed by atoms with E-state index in [9.17, 15) is 4.39 Å². The molecule has 2 N–H and O–H groups in total. The monoisotopic (exact) mass is 247 g/mol. The summed E-state index contributed by atoms with van der Waals surface area (Å²) in [6, 6.07) is 4.73. The minimum Gasteiger partial charge on any atom is -0.341 e. The minimum atomic E-state index is -0.216. The van der Waals surface area contributed by atoms with Gasteiger partial charge in [0.05, 0.1) is 11.0 Å². The van der Waals surface area contributed by atoms with E-state index in [-0.39, 0.29) is 11.2 Å². The third-order valence-corrected chi connectivity index (χ3v) is 3.92. The van der Waals surface area contributed by atoms with Gasteiger partial charge in [-0.1, -0.05) is 13.3 Å². The first kappa shape index (κ1) is 11.7. The molecule has 1 aromatic carbocycles. The first-order valence-corrected chi connectivity index (χ1v) is 6.60. The number of nitrogens with one attached hydrogen (secondary N) is 2. The van der Waals surface area contributed by atoms with Gasteiger partial charge in [-0.15, -0.1) is 0 Å². The van der Waals surface area contributed by atoms with Crippen molar-refractivity contribution in [3.8, 4) is 0 Å². The van der Waals surface area contributed by atoms with Crippen LogP contribution in [0, 0.1) is 5.82 Å². The van der Waals surface area contributed by atoms with E-state index in [2.05, 4.69) is 22.2 Å². The van der Waals surface area contributed by atoms with Crippen LogP contribution in [0.3, 0.4) is 0 Å². The van der Waals surface area contributed by atoms with Gasteiger partial charge in [-0.05, 0) is 37.6 Å². The molecule has 0 radical (unpaired) electrons. The standard InChI is InChI=1S/C14H18FN3/c1-2-5-14(6-7-16-9-14)13-17-11-4-3-10(15)8-12(11)18-13/h3-4,8,16H,2,5-7,9H2,1H3,(H,17,18). The van der Waals surface area contributed by atoms with Crippen molar-refractivity contribution >= 4 is 11.0 Å². The molecule has 1 aliphatic heterocycles. The van der Waals surface area contributed by atoms with Gasteiger partial charge >= 0.3 is 0 Å². The predicted octanol–water partition coefficient (Wildman–Crippen LogP) is 2.73. The number of aromatic amines is 1. The summed E-state index contributed by atoms with van der Waals surface area (Å²) in [5.74, 6) is 0.793. The Hall–Kier alpha value is -1.42. The van der Waals surface area contributed by atoms with E-state index in [1.165, 1.54) is 12.1 Å². The van der Waals surface area contributed by atoms with Crippen LogP contribution in [-0.2, 0) is 5.41 Å². The van der Waals surface area contributed by atoms with Crippen molar-refractivity contribution in [2.75, 3.05) is 13.1 Å². The number of fused-ring (bicyclic) bond motifs is 1. The molecule has 0 saturated carbocycles. The number of hydrogen-bond acceptors (Lipinski definition) is 2. The van der Waals surface area contributed by atoms with Gasteiger partial charge in [0.15, 0.2) is 0 Å². The van der Waals surface area contributed by atoms with Gasteiger partial charge < -0.3 is 10.3 Å². The molecule has 1 saturated heterocycles. The maximum Gasteiger partial charge on any atom is 0.125 e. The molecule has 4 heteroatoms. The van der Waals surface area contributed by atoms with E-state index in [4.69, 9.17) is 0 Å². The van der Waals surface area contributed by atoms with Crippen molar-refractivity contribution in [2.45, 2.75) is 31.6 Å². The van der Waals surface area contributed by atoms with Crippen LogP contribution in [0.2, 0.25) is 0 Å². The van der Waals surface area contributed by atoms with Crippen LogP contribution in [0.4, 0.5) is 4.39 Å². The average molecular weight is 247 g/mol. The second-order valence-electron chi connectivity index (χ2n) is 5.20. The molecule has 0 aliphatic carbocycles. The van der Waals surface area contributed by atoms with Crippen LogP contribution >= 0.6 is 0 Å². The van der Waals surface area contributed by atoms with Crippen molar-refractivity contribution in [2.24, 2.45) is 0 Å². The molecule has 96 valence electrons. The number of benzene rings is 1. The molecular weight excluding hydrogens is 229 g/mol. The fraction of sp³-hybridized carbons (Fsp3) is 0.500. The molecule has 0 spiro atoms. The third kappa shape index (κ3) is 1.81. The zero-order valence-corrected chi connectivity index (χ0v) is 10.6. The smallest absolute Gasteiger partial charge is 0.125 e. The normalized spacial score (nSPS) is 23.9. The maximum atomic E-state index is 13.2. The lowest BCUT2D eigenvalue weighted by molar-refractivity contribution is 0.406. The van der Waals surface area contributed by atoms with E-state index < -0.39 is 0 Å². The molecule has 0 bridgehead atoms. The zero-order chi connectivity index (χ0) is 12.6. The zero-order valence-electron chi connectivity index (χ0n) is 10.6. The molecule has 1 atom stereocenters. The number of hydrogen-bond donors (Lipinski definition) is 2. The summed E-state index contributed by atoms with van der Waals surface area (Å²) in [6.07, 6.45) is 3.35. The summed E-state index contributed by atoms with van der Waals surface area (Å²) in [5.41, 5.74) is 1.76. The quantitative estimate of drug-likeness (QED) is 0.875. The van der Waals surface area contributed by atoms with E-state index in [1.807, 2.05) is 0 Å². The molecule has 18 heavy (non-hydrogen) atoms. The SMILES string of the molecule is CCCC1(c2nc3ccc(F)cc3[nH]2)CCNC1. The fourth-order valence-corrected chi connectivity index (χ4v) is 2.99. The van der Waals surface area contributed by atoms with Crippen LogP contribution in [0.1, 0.15) is 32.0 Å². The molecule has 3 rings (SSSR count). The highest BCUT2D eigenvalue weighted by atomic mass is 19.1. The molecule has 1 aliphatic rings. The van der Waals surface area contributed by atoms with Gasteiger partial charge in [0.2, 0.25) is 0 Å². The van der Waals surface area contributed by atoms with Crippen LogP contribution in [0.25, 0.3) is 11.0 Å². The number of imidazole rings is 1. The summed E-state index contributed by atoms with van der Waals surface area (Å²) in [6.45, 7) is 4.19. The fourth-order valence-electron chi connectivity index (χ4n) is 2.99. The Bertz CT molecular complexity index is 555. The van der Waals surface area contributed by atoms with Crippen molar-refractivity contribution in [1.82, 2.24) is 15.3 Å². The van der Waals surface area contributed by atoms with E-state index in [0.29, 0.717) is 0 Å². The summed E-state index contributed by atoms with van der Waals surface area (Å²) in [4.78, 5) is 7.98. The van der Waals surface area contributed by atoms with Crippen LogP contribution < -0.4 is 5.32 Å². The summed E-state index contributed by atoms with van der Waals surface area (Å²) < 4.78 is 13.2. The number of halogens is 1. The highest BCUT2D eigenvalue weighted by molar-refractivity contribution is 5.75. The van der Waals surface area contributed by atoms with E-state index >= 15 is 0 Å². The molecule has 1 fully saturated rings. The molecule has 0 amide bonds. The Labute approximate surface area is 106 Å². The second kappa shape index (κ2) is 4.35. The van der Waals surface area contributed by atoms with Gasteiger partial charge in [-0.3, -0.25) is 0 Å². The molecule has 2 aromatic rings. The second-order valence-corrected chi connectivity index (χ2v) is 5.20. The molecule has 1 aromatic heterocycles. The first-order valence-electron chi connectivity index (χ1n) is 6.60. The summed E-state index contributed by atoms with van der Waals surface area (Å²) >= 11 is 0. The van der Waals surface area contributed by atoms with Crippen molar-refractivity contribution in [3.05, 3.63) is 29.8 Å². The first-order chi connectivity index (χ1) is 8.73. The lowest BCUT2D eigenvalue weighted by atomic mass is 9.82. The molecule has 2 heterocycles. The Morgan fingerprint density at radius 3 is 3.06 bits per heavy atom. The van der Waals surface area contributed by atoms with E-state index in [1.54, 1.807) is 6.07 Å². The number of rotatable bonds is 3. The van der Waals surface area contributed by atoms with Gasteiger partial charge in [-0.25, -0.2) is 9.37 Å². The van der Waals surface area contributed by atoms with Crippen LogP contribution in [0.5, 0.6) is 0 Å². The maximum absolute atomic E-state index is 13.2. The molecule has 3 nitrogen and oxygen atoms in total. The topological polar surface area (TPSA) is 40.7 Å². The van der Waals surface area contributed by atoms with Gasteiger partial charge in [0.1, 0.15) is 11.6 Å². The summed E-state index contributed by atoms with van der Waals surface area (Å²) in [5, 5.41) is 3.42. The highest BCUT2D eigenvalue weighted by Crippen LogP contribution is 2.34. The number of H-pyrrole nitrogens is 1. The Morgan fingerprint density at radius 2 is 2.33 bits per heavy atom. The Balaban J connectivity index is 2.06. The lowest BCUT2D eigenvalue weighted by Crippen LogP contribution is -2.30.